The summed E-state index contributed by atoms with van der Waals surface area (Å²) >= 11 is 1.31. The molecule has 0 bridgehead atoms. The van der Waals surface area contributed by atoms with E-state index in [1.165, 1.54) is 17.4 Å². The van der Waals surface area contributed by atoms with Gasteiger partial charge in [0.05, 0.1) is 27.8 Å². The van der Waals surface area contributed by atoms with Gasteiger partial charge in [-0.2, -0.15) is 0 Å². The van der Waals surface area contributed by atoms with E-state index in [9.17, 15) is 22.4 Å². The Hall–Kier alpha value is -4.09. The third-order valence-electron chi connectivity index (χ3n) is 7.34. The third kappa shape index (κ3) is 5.47. The van der Waals surface area contributed by atoms with E-state index in [0.29, 0.717) is 41.3 Å². The minimum absolute atomic E-state index is 0.0503. The van der Waals surface area contributed by atoms with Gasteiger partial charge in [0.15, 0.2) is 9.84 Å². The van der Waals surface area contributed by atoms with Crippen molar-refractivity contribution in [2.24, 2.45) is 0 Å². The maximum Gasteiger partial charge on any atom is 0.276 e. The highest BCUT2D eigenvalue weighted by Crippen LogP contribution is 2.42. The van der Waals surface area contributed by atoms with Crippen molar-refractivity contribution in [3.05, 3.63) is 94.2 Å². The van der Waals surface area contributed by atoms with Crippen LogP contribution in [0, 0.1) is 12.7 Å². The van der Waals surface area contributed by atoms with Gasteiger partial charge in [-0.1, -0.05) is 36.4 Å². The SMILES string of the molecule is Cc1cccc(F)c1NC(=O)c1cc2c(s1)-c1ccccc1N(C(=O)c1cccc(NC3CCS(=O)(=O)C3)n1)CC2. The van der Waals surface area contributed by atoms with Crippen LogP contribution >= 0.6 is 11.3 Å². The average Bonchev–Trinajstić information content (AvgIpc) is 3.49. The molecule has 0 saturated carbocycles. The van der Waals surface area contributed by atoms with Gasteiger partial charge >= 0.3 is 0 Å². The van der Waals surface area contributed by atoms with Crippen molar-refractivity contribution < 1.29 is 22.4 Å². The standard InChI is InChI=1S/C30H27FN4O4S2/c1-18-6-4-8-22(31)27(18)34-29(36)25-16-19-12-14-35(24-10-3-2-7-21(24)28(19)40-25)30(37)23-9-5-11-26(33-23)32-20-13-15-41(38,39)17-20/h2-11,16,20H,12-15,17H2,1H3,(H,32,33)(H,34,36). The van der Waals surface area contributed by atoms with E-state index >= 15 is 0 Å². The Labute approximate surface area is 241 Å². The van der Waals surface area contributed by atoms with Crippen molar-refractivity contribution in [3.8, 4) is 10.4 Å². The predicted octanol–water partition coefficient (Wildman–Crippen LogP) is 5.31. The highest BCUT2D eigenvalue weighted by molar-refractivity contribution is 7.91. The monoisotopic (exact) mass is 590 g/mol. The van der Waals surface area contributed by atoms with E-state index in [1.54, 1.807) is 42.2 Å². The molecule has 2 aliphatic rings. The van der Waals surface area contributed by atoms with Crippen molar-refractivity contribution in [1.82, 2.24) is 4.98 Å². The van der Waals surface area contributed by atoms with Crippen molar-refractivity contribution in [1.29, 1.82) is 0 Å². The molecule has 4 aromatic rings. The number of halogens is 1. The molecule has 1 atom stereocenters. The number of fused-ring (bicyclic) bond motifs is 3. The van der Waals surface area contributed by atoms with E-state index in [-0.39, 0.29) is 40.7 Å². The number of nitrogens with one attached hydrogen (secondary N) is 2. The van der Waals surface area contributed by atoms with Gasteiger partial charge in [-0.05, 0) is 61.2 Å². The second-order valence-electron chi connectivity index (χ2n) is 10.2. The maximum atomic E-state index is 14.3. The smallest absolute Gasteiger partial charge is 0.276 e. The number of benzene rings is 2. The Kier molecular flexibility index (Phi) is 7.08. The molecule has 1 saturated heterocycles. The highest BCUT2D eigenvalue weighted by Gasteiger charge is 2.30. The molecule has 41 heavy (non-hydrogen) atoms. The molecule has 0 radical (unpaired) electrons. The molecular weight excluding hydrogens is 563 g/mol. The molecule has 6 rings (SSSR count). The summed E-state index contributed by atoms with van der Waals surface area (Å²) in [6, 6.07) is 18.9. The first-order chi connectivity index (χ1) is 19.7. The molecule has 2 aliphatic heterocycles. The zero-order chi connectivity index (χ0) is 28.7. The van der Waals surface area contributed by atoms with E-state index in [4.69, 9.17) is 0 Å². The summed E-state index contributed by atoms with van der Waals surface area (Å²) in [7, 11) is -3.05. The molecule has 0 aliphatic carbocycles. The van der Waals surface area contributed by atoms with Crippen LogP contribution in [-0.4, -0.2) is 49.3 Å². The fourth-order valence-electron chi connectivity index (χ4n) is 5.27. The second kappa shape index (κ2) is 10.7. The van der Waals surface area contributed by atoms with Gasteiger partial charge < -0.3 is 15.5 Å². The number of nitrogens with zero attached hydrogens (tertiary/aromatic N) is 2. The first-order valence-electron chi connectivity index (χ1n) is 13.2. The number of carbonyl (C=O) groups is 2. The number of aryl methyl sites for hydroxylation is 1. The Balaban J connectivity index is 1.26. The summed E-state index contributed by atoms with van der Waals surface area (Å²) in [5.41, 5.74) is 3.51. The van der Waals surface area contributed by atoms with Gasteiger partial charge in [0.25, 0.3) is 11.8 Å². The van der Waals surface area contributed by atoms with Gasteiger partial charge in [0, 0.05) is 23.0 Å². The molecule has 11 heteroatoms. The second-order valence-corrected chi connectivity index (χ2v) is 13.5. The molecule has 2 N–H and O–H groups in total. The number of amides is 2. The number of para-hydroxylation sites is 2. The van der Waals surface area contributed by atoms with Crippen LogP contribution in [0.4, 0.5) is 21.6 Å². The fraction of sp³-hybridized carbons (Fsp3) is 0.233. The van der Waals surface area contributed by atoms with Gasteiger partial charge in [0.1, 0.15) is 17.3 Å². The van der Waals surface area contributed by atoms with Crippen molar-refractivity contribution in [2.45, 2.75) is 25.8 Å². The normalized spacial score (nSPS) is 17.3. The number of anilines is 3. The van der Waals surface area contributed by atoms with Crippen LogP contribution in [0.3, 0.4) is 0 Å². The predicted molar refractivity (Wildman–Crippen MR) is 159 cm³/mol. The van der Waals surface area contributed by atoms with Crippen LogP contribution in [0.2, 0.25) is 0 Å². The molecule has 2 amide bonds. The van der Waals surface area contributed by atoms with E-state index in [2.05, 4.69) is 15.6 Å². The van der Waals surface area contributed by atoms with Crippen molar-refractivity contribution >= 4 is 50.2 Å². The number of rotatable bonds is 5. The minimum Gasteiger partial charge on any atom is -0.366 e. The van der Waals surface area contributed by atoms with Gasteiger partial charge in [0.2, 0.25) is 0 Å². The number of thiophene rings is 1. The lowest BCUT2D eigenvalue weighted by Crippen LogP contribution is -2.33. The summed E-state index contributed by atoms with van der Waals surface area (Å²) in [4.78, 5) is 34.4. The topological polar surface area (TPSA) is 108 Å². The van der Waals surface area contributed by atoms with Gasteiger partial charge in [-0.15, -0.1) is 11.3 Å². The number of aromatic nitrogens is 1. The molecule has 2 aromatic heterocycles. The summed E-state index contributed by atoms with van der Waals surface area (Å²) in [6.07, 6.45) is 1.01. The summed E-state index contributed by atoms with van der Waals surface area (Å²) in [5.74, 6) is -0.495. The van der Waals surface area contributed by atoms with Crippen molar-refractivity contribution in [3.63, 3.8) is 0 Å². The lowest BCUT2D eigenvalue weighted by atomic mass is 10.1. The van der Waals surface area contributed by atoms with Crippen LogP contribution in [0.1, 0.15) is 37.7 Å². The first kappa shape index (κ1) is 27.1. The van der Waals surface area contributed by atoms with Crippen LogP contribution in [0.15, 0.2) is 66.7 Å². The fourth-order valence-corrected chi connectivity index (χ4v) is 8.09. The van der Waals surface area contributed by atoms with Gasteiger partial charge in [-0.3, -0.25) is 9.59 Å². The summed E-state index contributed by atoms with van der Waals surface area (Å²) in [6.45, 7) is 2.11. The third-order valence-corrected chi connectivity index (χ3v) is 10.3. The minimum atomic E-state index is -3.05. The number of sulfone groups is 1. The van der Waals surface area contributed by atoms with Crippen LogP contribution in [0.5, 0.6) is 0 Å². The Morgan fingerprint density at radius 1 is 1.07 bits per heavy atom. The Morgan fingerprint density at radius 3 is 2.66 bits per heavy atom. The van der Waals surface area contributed by atoms with Crippen LogP contribution in [0.25, 0.3) is 10.4 Å². The highest BCUT2D eigenvalue weighted by atomic mass is 32.2. The Morgan fingerprint density at radius 2 is 1.88 bits per heavy atom. The van der Waals surface area contributed by atoms with Crippen molar-refractivity contribution in [2.75, 3.05) is 33.6 Å². The molecule has 4 heterocycles. The molecule has 0 spiro atoms. The van der Waals surface area contributed by atoms with E-state index in [1.807, 2.05) is 30.3 Å². The Bertz CT molecular complexity index is 1770. The lowest BCUT2D eigenvalue weighted by molar-refractivity contribution is 0.0981. The average molecular weight is 591 g/mol. The van der Waals surface area contributed by atoms with E-state index < -0.39 is 15.7 Å². The molecule has 1 fully saturated rings. The zero-order valence-electron chi connectivity index (χ0n) is 22.2. The van der Waals surface area contributed by atoms with Crippen LogP contribution in [-0.2, 0) is 16.3 Å². The largest absolute Gasteiger partial charge is 0.366 e. The first-order valence-corrected chi connectivity index (χ1v) is 15.9. The number of carbonyl (C=O) groups excluding carboxylic acids is 2. The summed E-state index contributed by atoms with van der Waals surface area (Å²) in [5, 5.41) is 5.87. The lowest BCUT2D eigenvalue weighted by Gasteiger charge is -2.23. The quantitative estimate of drug-likeness (QED) is 0.326. The molecule has 1 unspecified atom stereocenters. The van der Waals surface area contributed by atoms with Gasteiger partial charge in [-0.25, -0.2) is 17.8 Å². The number of hydrogen-bond donors (Lipinski definition) is 2. The number of hydrogen-bond acceptors (Lipinski definition) is 7. The molecule has 2 aromatic carbocycles. The zero-order valence-corrected chi connectivity index (χ0v) is 23.8. The molecular formula is C30H27FN4O4S2. The molecule has 8 nitrogen and oxygen atoms in total. The number of pyridine rings is 1. The van der Waals surface area contributed by atoms with E-state index in [0.717, 1.165) is 16.0 Å². The van der Waals surface area contributed by atoms with Crippen LogP contribution < -0.4 is 15.5 Å². The molecule has 210 valence electrons. The summed E-state index contributed by atoms with van der Waals surface area (Å²) < 4.78 is 38.0. The maximum absolute atomic E-state index is 14.3.